The molecule has 89 valence electrons. The number of aryl methyl sites for hydroxylation is 1. The molecule has 0 aliphatic heterocycles. The summed E-state index contributed by atoms with van der Waals surface area (Å²) in [5.41, 5.74) is 3.52. The molecule has 1 aliphatic rings. The van der Waals surface area contributed by atoms with E-state index in [-0.39, 0.29) is 5.75 Å². The summed E-state index contributed by atoms with van der Waals surface area (Å²) in [6, 6.07) is 12.7. The summed E-state index contributed by atoms with van der Waals surface area (Å²) >= 11 is 0. The molecule has 2 heteroatoms. The summed E-state index contributed by atoms with van der Waals surface area (Å²) in [6.07, 6.45) is 4.88. The minimum absolute atomic E-state index is 0.305. The molecule has 0 saturated heterocycles. The van der Waals surface area contributed by atoms with Gasteiger partial charge in [-0.1, -0.05) is 36.4 Å². The Morgan fingerprint density at radius 1 is 1.00 bits per heavy atom. The van der Waals surface area contributed by atoms with Gasteiger partial charge in [-0.05, 0) is 41.7 Å². The number of hydrogen-bond donors (Lipinski definition) is 1. The van der Waals surface area contributed by atoms with Crippen molar-refractivity contribution in [2.45, 2.75) is 12.8 Å². The van der Waals surface area contributed by atoms with Gasteiger partial charge in [-0.15, -0.1) is 0 Å². The third kappa shape index (κ3) is 1.80. The molecule has 0 aromatic heterocycles. The molecule has 3 rings (SSSR count). The lowest BCUT2D eigenvalue weighted by molar-refractivity contribution is 0.431. The molecule has 0 heterocycles. The smallest absolute Gasteiger partial charge is 0.172 e. The third-order valence-corrected chi connectivity index (χ3v) is 3.25. The first kappa shape index (κ1) is 11.0. The number of aromatic hydroxyl groups is 1. The van der Waals surface area contributed by atoms with Crippen LogP contribution in [0.15, 0.2) is 42.5 Å². The largest absolute Gasteiger partial charge is 0.505 e. The molecule has 0 saturated carbocycles. The number of allylic oxidation sites excluding steroid dienone is 1. The minimum atomic E-state index is -0.556. The molecule has 1 aliphatic carbocycles. The summed E-state index contributed by atoms with van der Waals surface area (Å²) in [5.74, 6) is -0.861. The average Bonchev–Trinajstić information content (AvgIpc) is 2.41. The van der Waals surface area contributed by atoms with Crippen molar-refractivity contribution in [3.8, 4) is 5.75 Å². The molecule has 1 N–H and O–H groups in total. The topological polar surface area (TPSA) is 20.2 Å². The van der Waals surface area contributed by atoms with E-state index in [1.807, 2.05) is 18.2 Å². The molecule has 0 unspecified atom stereocenters. The second-order valence-electron chi connectivity index (χ2n) is 4.40. The van der Waals surface area contributed by atoms with Crippen LogP contribution in [0.4, 0.5) is 4.39 Å². The Balaban J connectivity index is 2.10. The van der Waals surface area contributed by atoms with E-state index in [9.17, 15) is 9.50 Å². The highest BCUT2D eigenvalue weighted by molar-refractivity contribution is 5.70. The van der Waals surface area contributed by atoms with Crippen LogP contribution in [-0.2, 0) is 6.42 Å². The lowest BCUT2D eigenvalue weighted by Gasteiger charge is -2.16. The highest BCUT2D eigenvalue weighted by Crippen LogP contribution is 2.32. The van der Waals surface area contributed by atoms with Crippen LogP contribution in [0, 0.1) is 11.9 Å². The Labute approximate surface area is 105 Å². The second-order valence-corrected chi connectivity index (χ2v) is 4.40. The Bertz CT molecular complexity index is 629. The molecule has 1 nitrogen and oxygen atoms in total. The van der Waals surface area contributed by atoms with Crippen LogP contribution < -0.4 is 0 Å². The van der Waals surface area contributed by atoms with Crippen molar-refractivity contribution in [1.82, 2.24) is 0 Å². The van der Waals surface area contributed by atoms with E-state index in [1.165, 1.54) is 11.6 Å². The van der Waals surface area contributed by atoms with Crippen molar-refractivity contribution in [3.63, 3.8) is 0 Å². The number of hydrogen-bond acceptors (Lipinski definition) is 1. The molecular formula is C16H12FO. The maximum Gasteiger partial charge on any atom is 0.172 e. The Morgan fingerprint density at radius 3 is 2.72 bits per heavy atom. The molecule has 0 spiro atoms. The maximum absolute atomic E-state index is 13.9. The van der Waals surface area contributed by atoms with Crippen LogP contribution in [-0.4, -0.2) is 5.11 Å². The average molecular weight is 239 g/mol. The summed E-state index contributed by atoms with van der Waals surface area (Å²) < 4.78 is 13.9. The lowest BCUT2D eigenvalue weighted by atomic mass is 9.88. The highest BCUT2D eigenvalue weighted by atomic mass is 19.1. The molecule has 2 aromatic carbocycles. The predicted octanol–water partition coefficient (Wildman–Crippen LogP) is 3.71. The first-order chi connectivity index (χ1) is 8.75. The standard InChI is InChI=1S/C16H12FO/c17-16-14(6-3-7-15(16)18)13-9-8-11-4-1-2-5-12(11)10-13/h1-7,18H,8-9H2. The van der Waals surface area contributed by atoms with Gasteiger partial charge in [0.15, 0.2) is 11.6 Å². The Morgan fingerprint density at radius 2 is 1.83 bits per heavy atom. The summed E-state index contributed by atoms with van der Waals surface area (Å²) in [5, 5.41) is 9.41. The monoisotopic (exact) mass is 239 g/mol. The SMILES string of the molecule is Oc1cccc(C2=[C]c3ccccc3CC2)c1F. The summed E-state index contributed by atoms with van der Waals surface area (Å²) in [6.45, 7) is 0. The minimum Gasteiger partial charge on any atom is -0.505 e. The van der Waals surface area contributed by atoms with E-state index in [1.54, 1.807) is 12.1 Å². The Kier molecular flexibility index (Phi) is 2.63. The van der Waals surface area contributed by atoms with Gasteiger partial charge >= 0.3 is 0 Å². The molecule has 0 fully saturated rings. The molecule has 0 atom stereocenters. The lowest BCUT2D eigenvalue weighted by Crippen LogP contribution is -2.01. The fourth-order valence-corrected chi connectivity index (χ4v) is 2.30. The van der Waals surface area contributed by atoms with Gasteiger partial charge in [0, 0.05) is 5.56 Å². The van der Waals surface area contributed by atoms with Crippen molar-refractivity contribution in [3.05, 3.63) is 71.0 Å². The van der Waals surface area contributed by atoms with Crippen molar-refractivity contribution in [2.75, 3.05) is 0 Å². The number of fused-ring (bicyclic) bond motifs is 1. The van der Waals surface area contributed by atoms with Crippen LogP contribution in [0.5, 0.6) is 5.75 Å². The van der Waals surface area contributed by atoms with Crippen LogP contribution >= 0.6 is 0 Å². The number of phenolic OH excluding ortho intramolecular Hbond substituents is 1. The summed E-state index contributed by atoms with van der Waals surface area (Å²) in [7, 11) is 0. The fraction of sp³-hybridized carbons (Fsp3) is 0.125. The van der Waals surface area contributed by atoms with E-state index < -0.39 is 5.82 Å². The van der Waals surface area contributed by atoms with E-state index in [4.69, 9.17) is 0 Å². The van der Waals surface area contributed by atoms with E-state index in [0.717, 1.165) is 24.0 Å². The molecular weight excluding hydrogens is 227 g/mol. The molecule has 1 radical (unpaired) electrons. The first-order valence-corrected chi connectivity index (χ1v) is 5.94. The zero-order valence-corrected chi connectivity index (χ0v) is 9.78. The molecule has 18 heavy (non-hydrogen) atoms. The zero-order valence-electron chi connectivity index (χ0n) is 9.78. The number of benzene rings is 2. The maximum atomic E-state index is 13.9. The third-order valence-electron chi connectivity index (χ3n) is 3.25. The van der Waals surface area contributed by atoms with Crippen LogP contribution in [0.3, 0.4) is 0 Å². The van der Waals surface area contributed by atoms with E-state index in [0.29, 0.717) is 5.56 Å². The first-order valence-electron chi connectivity index (χ1n) is 5.94. The van der Waals surface area contributed by atoms with Crippen molar-refractivity contribution >= 4 is 5.57 Å². The normalized spacial score (nSPS) is 13.9. The van der Waals surface area contributed by atoms with Gasteiger partial charge < -0.3 is 5.11 Å². The van der Waals surface area contributed by atoms with Crippen molar-refractivity contribution in [1.29, 1.82) is 0 Å². The number of halogens is 1. The van der Waals surface area contributed by atoms with Crippen molar-refractivity contribution in [2.24, 2.45) is 0 Å². The van der Waals surface area contributed by atoms with Gasteiger partial charge in [-0.25, -0.2) is 4.39 Å². The molecule has 0 bridgehead atoms. The van der Waals surface area contributed by atoms with Gasteiger partial charge in [-0.2, -0.15) is 0 Å². The van der Waals surface area contributed by atoms with Gasteiger partial charge in [-0.3, -0.25) is 0 Å². The van der Waals surface area contributed by atoms with E-state index in [2.05, 4.69) is 12.1 Å². The van der Waals surface area contributed by atoms with Crippen molar-refractivity contribution < 1.29 is 9.50 Å². The highest BCUT2D eigenvalue weighted by Gasteiger charge is 2.16. The molecule has 2 aromatic rings. The molecule has 0 amide bonds. The number of phenols is 1. The second kappa shape index (κ2) is 4.30. The van der Waals surface area contributed by atoms with Crippen LogP contribution in [0.25, 0.3) is 5.57 Å². The quantitative estimate of drug-likeness (QED) is 0.804. The fourth-order valence-electron chi connectivity index (χ4n) is 2.30. The van der Waals surface area contributed by atoms with Gasteiger partial charge in [0.2, 0.25) is 0 Å². The van der Waals surface area contributed by atoms with Gasteiger partial charge in [0.1, 0.15) is 0 Å². The summed E-state index contributed by atoms with van der Waals surface area (Å²) in [4.78, 5) is 0. The van der Waals surface area contributed by atoms with Crippen LogP contribution in [0.1, 0.15) is 23.1 Å². The van der Waals surface area contributed by atoms with Crippen LogP contribution in [0.2, 0.25) is 0 Å². The Hall–Kier alpha value is -2.09. The zero-order chi connectivity index (χ0) is 12.5. The predicted molar refractivity (Wildman–Crippen MR) is 68.6 cm³/mol. The van der Waals surface area contributed by atoms with Gasteiger partial charge in [0.25, 0.3) is 0 Å². The van der Waals surface area contributed by atoms with Gasteiger partial charge in [0.05, 0.1) is 0 Å². The van der Waals surface area contributed by atoms with E-state index >= 15 is 0 Å². The number of rotatable bonds is 1.